The lowest BCUT2D eigenvalue weighted by Crippen LogP contribution is -2.13. The molecule has 0 fully saturated rings. The number of hydrogen-bond acceptors (Lipinski definition) is 9. The van der Waals surface area contributed by atoms with Crippen LogP contribution in [-0.4, -0.2) is 37.8 Å². The van der Waals surface area contributed by atoms with Gasteiger partial charge in [0.05, 0.1) is 30.5 Å². The van der Waals surface area contributed by atoms with Crippen LogP contribution in [-0.2, 0) is 10.0 Å². The second kappa shape index (κ2) is 9.40. The van der Waals surface area contributed by atoms with Crippen LogP contribution >= 0.6 is 0 Å². The van der Waals surface area contributed by atoms with Gasteiger partial charge in [-0.3, -0.25) is 0 Å². The summed E-state index contributed by atoms with van der Waals surface area (Å²) in [5.41, 5.74) is 3.29. The number of aryl methyl sites for hydroxylation is 1. The number of benzene rings is 2. The first kappa shape index (κ1) is 23.1. The molecule has 34 heavy (non-hydrogen) atoms. The summed E-state index contributed by atoms with van der Waals surface area (Å²) in [6, 6.07) is 13.4. The van der Waals surface area contributed by atoms with Crippen LogP contribution in [0.3, 0.4) is 0 Å². The average molecular weight is 482 g/mol. The van der Waals surface area contributed by atoms with Crippen molar-refractivity contribution in [1.82, 2.24) is 15.1 Å². The molecule has 176 valence electrons. The molecule has 4 aromatic rings. The maximum absolute atomic E-state index is 12.7. The van der Waals surface area contributed by atoms with E-state index in [2.05, 4.69) is 25.2 Å². The average Bonchev–Trinajstić information content (AvgIpc) is 3.15. The van der Waals surface area contributed by atoms with Crippen molar-refractivity contribution >= 4 is 27.5 Å². The number of nitrogens with one attached hydrogen (secondary N) is 2. The topological polar surface area (TPSA) is 128 Å². The summed E-state index contributed by atoms with van der Waals surface area (Å²) in [6.07, 6.45) is 1.62. The molecule has 0 aliphatic carbocycles. The fourth-order valence-electron chi connectivity index (χ4n) is 3.12. The van der Waals surface area contributed by atoms with E-state index >= 15 is 0 Å². The normalized spacial score (nSPS) is 11.2. The zero-order chi connectivity index (χ0) is 24.3. The van der Waals surface area contributed by atoms with Crippen LogP contribution in [0.5, 0.6) is 11.5 Å². The monoisotopic (exact) mass is 481 g/mol. The Labute approximate surface area is 197 Å². The van der Waals surface area contributed by atoms with Crippen LogP contribution in [0.15, 0.2) is 64.1 Å². The second-order valence-electron chi connectivity index (χ2n) is 7.31. The molecule has 4 rings (SSSR count). The van der Waals surface area contributed by atoms with Crippen molar-refractivity contribution in [2.24, 2.45) is 0 Å². The molecule has 2 aromatic carbocycles. The maximum atomic E-state index is 12.7. The third kappa shape index (κ3) is 4.79. The van der Waals surface area contributed by atoms with Gasteiger partial charge in [0.2, 0.25) is 11.8 Å². The number of rotatable bonds is 8. The summed E-state index contributed by atoms with van der Waals surface area (Å²) in [5.74, 6) is 1.73. The highest BCUT2D eigenvalue weighted by molar-refractivity contribution is 7.92. The molecule has 11 heteroatoms. The minimum atomic E-state index is -3.84. The number of sulfonamides is 1. The van der Waals surface area contributed by atoms with Gasteiger partial charge in [0.1, 0.15) is 11.5 Å². The van der Waals surface area contributed by atoms with E-state index in [-0.39, 0.29) is 10.8 Å². The molecule has 0 spiro atoms. The zero-order valence-electron chi connectivity index (χ0n) is 19.0. The Morgan fingerprint density at radius 1 is 0.971 bits per heavy atom. The largest absolute Gasteiger partial charge is 0.497 e. The lowest BCUT2D eigenvalue weighted by molar-refractivity contribution is 0.395. The Hall–Kier alpha value is -4.12. The van der Waals surface area contributed by atoms with Crippen molar-refractivity contribution in [2.75, 3.05) is 24.3 Å². The minimum Gasteiger partial charge on any atom is -0.497 e. The molecular formula is C23H23N5O5S. The predicted molar refractivity (Wildman–Crippen MR) is 127 cm³/mol. The van der Waals surface area contributed by atoms with E-state index in [0.717, 1.165) is 5.56 Å². The Morgan fingerprint density at radius 3 is 2.38 bits per heavy atom. The SMILES string of the molecule is COc1ccc(-c2ccnc(Nc3ccc(S(=O)(=O)Nc4onc(C)c4C)cc3)n2)c(OC)c1. The van der Waals surface area contributed by atoms with Gasteiger partial charge in [0.25, 0.3) is 10.0 Å². The molecule has 0 bridgehead atoms. The van der Waals surface area contributed by atoms with E-state index in [9.17, 15) is 8.42 Å². The molecule has 2 aromatic heterocycles. The van der Waals surface area contributed by atoms with E-state index in [1.807, 2.05) is 12.1 Å². The van der Waals surface area contributed by atoms with Gasteiger partial charge < -0.3 is 19.3 Å². The third-order valence-corrected chi connectivity index (χ3v) is 6.49. The molecule has 2 heterocycles. The molecule has 0 saturated heterocycles. The van der Waals surface area contributed by atoms with Crippen molar-refractivity contribution in [3.05, 3.63) is 66.0 Å². The summed E-state index contributed by atoms with van der Waals surface area (Å²) >= 11 is 0. The molecular weight excluding hydrogens is 458 g/mol. The van der Waals surface area contributed by atoms with Crippen molar-refractivity contribution in [1.29, 1.82) is 0 Å². The first-order valence-corrected chi connectivity index (χ1v) is 11.7. The van der Waals surface area contributed by atoms with Crippen molar-refractivity contribution in [2.45, 2.75) is 18.7 Å². The molecule has 0 aliphatic heterocycles. The highest BCUT2D eigenvalue weighted by Gasteiger charge is 2.19. The zero-order valence-corrected chi connectivity index (χ0v) is 19.8. The first-order valence-electron chi connectivity index (χ1n) is 10.2. The van der Waals surface area contributed by atoms with Gasteiger partial charge in [-0.05, 0) is 56.3 Å². The number of hydrogen-bond donors (Lipinski definition) is 2. The van der Waals surface area contributed by atoms with Gasteiger partial charge in [0.15, 0.2) is 0 Å². The Bertz CT molecular complexity index is 1420. The lowest BCUT2D eigenvalue weighted by atomic mass is 10.1. The van der Waals surface area contributed by atoms with Crippen LogP contribution < -0.4 is 19.5 Å². The molecule has 10 nitrogen and oxygen atoms in total. The summed E-state index contributed by atoms with van der Waals surface area (Å²) in [5, 5.41) is 6.85. The third-order valence-electron chi connectivity index (χ3n) is 5.15. The van der Waals surface area contributed by atoms with Crippen LogP contribution in [0.4, 0.5) is 17.5 Å². The summed E-state index contributed by atoms with van der Waals surface area (Å²) in [7, 11) is -0.671. The molecule has 0 amide bonds. The second-order valence-corrected chi connectivity index (χ2v) is 8.99. The Kier molecular flexibility index (Phi) is 6.37. The van der Waals surface area contributed by atoms with Gasteiger partial charge >= 0.3 is 0 Å². The Balaban J connectivity index is 1.53. The minimum absolute atomic E-state index is 0.0733. The highest BCUT2D eigenvalue weighted by atomic mass is 32.2. The van der Waals surface area contributed by atoms with E-state index < -0.39 is 10.0 Å². The number of aromatic nitrogens is 3. The van der Waals surface area contributed by atoms with Crippen molar-refractivity contribution in [3.63, 3.8) is 0 Å². The molecule has 0 saturated carbocycles. The number of ether oxygens (including phenoxy) is 2. The number of methoxy groups -OCH3 is 2. The first-order chi connectivity index (χ1) is 16.3. The van der Waals surface area contributed by atoms with Gasteiger partial charge in [-0.2, -0.15) is 0 Å². The number of anilines is 3. The quantitative estimate of drug-likeness (QED) is 0.378. The molecule has 0 unspecified atom stereocenters. The van der Waals surface area contributed by atoms with Gasteiger partial charge in [-0.15, -0.1) is 0 Å². The highest BCUT2D eigenvalue weighted by Crippen LogP contribution is 2.32. The van der Waals surface area contributed by atoms with E-state index in [1.165, 1.54) is 12.1 Å². The molecule has 2 N–H and O–H groups in total. The van der Waals surface area contributed by atoms with Crippen LogP contribution in [0.25, 0.3) is 11.3 Å². The van der Waals surface area contributed by atoms with E-state index in [4.69, 9.17) is 14.0 Å². The van der Waals surface area contributed by atoms with Gasteiger partial charge in [-0.25, -0.2) is 23.1 Å². The fourth-order valence-corrected chi connectivity index (χ4v) is 4.16. The van der Waals surface area contributed by atoms with Gasteiger partial charge in [0, 0.05) is 29.1 Å². The van der Waals surface area contributed by atoms with Crippen LogP contribution in [0.1, 0.15) is 11.3 Å². The molecule has 0 atom stereocenters. The van der Waals surface area contributed by atoms with Crippen molar-refractivity contribution in [3.8, 4) is 22.8 Å². The fraction of sp³-hybridized carbons (Fsp3) is 0.174. The van der Waals surface area contributed by atoms with E-state index in [0.29, 0.717) is 40.1 Å². The maximum Gasteiger partial charge on any atom is 0.264 e. The van der Waals surface area contributed by atoms with Crippen LogP contribution in [0.2, 0.25) is 0 Å². The summed E-state index contributed by atoms with van der Waals surface area (Å²) in [6.45, 7) is 3.46. The number of nitrogens with zero attached hydrogens (tertiary/aromatic N) is 3. The smallest absolute Gasteiger partial charge is 0.264 e. The summed E-state index contributed by atoms with van der Waals surface area (Å²) in [4.78, 5) is 8.87. The molecule has 0 aliphatic rings. The molecule has 0 radical (unpaired) electrons. The van der Waals surface area contributed by atoms with Crippen molar-refractivity contribution < 1.29 is 22.4 Å². The Morgan fingerprint density at radius 2 is 1.74 bits per heavy atom. The van der Waals surface area contributed by atoms with E-state index in [1.54, 1.807) is 58.5 Å². The standard InChI is InChI=1S/C23H23N5O5S/c1-14-15(2)27-33-22(14)28-34(29,30)18-8-5-16(6-9-18)25-23-24-12-11-20(26-23)19-10-7-17(31-3)13-21(19)32-4/h5-13,28H,1-4H3,(H,24,25,26). The van der Waals surface area contributed by atoms with Crippen LogP contribution in [0, 0.1) is 13.8 Å². The predicted octanol–water partition coefficient (Wildman–Crippen LogP) is 4.31. The lowest BCUT2D eigenvalue weighted by Gasteiger charge is -2.11. The summed E-state index contributed by atoms with van der Waals surface area (Å²) < 4.78 is 43.5. The van der Waals surface area contributed by atoms with Gasteiger partial charge in [-0.1, -0.05) is 5.16 Å².